The molecule has 0 atom stereocenters. The first-order chi connectivity index (χ1) is 9.54. The van der Waals surface area contributed by atoms with E-state index in [0.717, 1.165) is 12.3 Å². The van der Waals surface area contributed by atoms with E-state index in [1.54, 1.807) is 6.92 Å². The second-order valence-corrected chi connectivity index (χ2v) is 4.50. The van der Waals surface area contributed by atoms with Gasteiger partial charge in [0.2, 0.25) is 0 Å². The summed E-state index contributed by atoms with van der Waals surface area (Å²) < 4.78 is 41.1. The number of aromatic nitrogens is 3. The Morgan fingerprint density at radius 1 is 1.10 bits per heavy atom. The molecule has 0 saturated heterocycles. The Morgan fingerprint density at radius 2 is 1.90 bits per heavy atom. The quantitative estimate of drug-likeness (QED) is 0.720. The molecule has 0 aliphatic rings. The van der Waals surface area contributed by atoms with Crippen molar-refractivity contribution in [2.24, 2.45) is 0 Å². The first-order valence-corrected chi connectivity index (χ1v) is 5.97. The van der Waals surface area contributed by atoms with Crippen LogP contribution in [0.1, 0.15) is 11.3 Å². The average molecular weight is 277 g/mol. The fourth-order valence-electron chi connectivity index (χ4n) is 2.11. The van der Waals surface area contributed by atoms with Gasteiger partial charge in [-0.2, -0.15) is 5.10 Å². The van der Waals surface area contributed by atoms with Crippen LogP contribution < -0.4 is 0 Å². The van der Waals surface area contributed by atoms with Crippen LogP contribution in [0.15, 0.2) is 30.5 Å². The molecule has 0 aliphatic carbocycles. The topological polar surface area (TPSA) is 30.7 Å². The van der Waals surface area contributed by atoms with E-state index in [9.17, 15) is 13.2 Å². The van der Waals surface area contributed by atoms with Gasteiger partial charge in [-0.25, -0.2) is 22.8 Å². The highest BCUT2D eigenvalue weighted by atomic mass is 19.1. The summed E-state index contributed by atoms with van der Waals surface area (Å²) in [6.07, 6.45) is 1.08. The Morgan fingerprint density at radius 3 is 2.65 bits per heavy atom. The fourth-order valence-corrected chi connectivity index (χ4v) is 2.11. The third kappa shape index (κ3) is 2.13. The van der Waals surface area contributed by atoms with Crippen LogP contribution >= 0.6 is 0 Å². The SMILES string of the molecule is Cc1nn(Cc2ccc(F)cc2F)c2ncc(F)cc12. The Bertz CT molecular complexity index is 796. The lowest BCUT2D eigenvalue weighted by Gasteiger charge is -2.04. The molecule has 2 heterocycles. The molecular formula is C14H10F3N3. The fraction of sp³-hybridized carbons (Fsp3) is 0.143. The summed E-state index contributed by atoms with van der Waals surface area (Å²) in [4.78, 5) is 3.97. The van der Waals surface area contributed by atoms with Gasteiger partial charge in [-0.3, -0.25) is 0 Å². The number of hydrogen-bond donors (Lipinski definition) is 0. The van der Waals surface area contributed by atoms with Crippen LogP contribution in [-0.4, -0.2) is 14.8 Å². The Balaban J connectivity index is 2.07. The lowest BCUT2D eigenvalue weighted by Crippen LogP contribution is -2.05. The van der Waals surface area contributed by atoms with Gasteiger partial charge in [0.15, 0.2) is 5.65 Å². The van der Waals surface area contributed by atoms with E-state index in [1.807, 2.05) is 0 Å². The maximum atomic E-state index is 13.6. The van der Waals surface area contributed by atoms with Crippen LogP contribution in [0.3, 0.4) is 0 Å². The van der Waals surface area contributed by atoms with Gasteiger partial charge < -0.3 is 0 Å². The minimum Gasteiger partial charge on any atom is -0.242 e. The summed E-state index contributed by atoms with van der Waals surface area (Å²) in [5, 5.41) is 4.79. The predicted molar refractivity (Wildman–Crippen MR) is 67.7 cm³/mol. The van der Waals surface area contributed by atoms with E-state index in [4.69, 9.17) is 0 Å². The van der Waals surface area contributed by atoms with Gasteiger partial charge in [-0.1, -0.05) is 6.07 Å². The monoisotopic (exact) mass is 277 g/mol. The second-order valence-electron chi connectivity index (χ2n) is 4.50. The normalized spacial score (nSPS) is 11.2. The van der Waals surface area contributed by atoms with E-state index in [0.29, 0.717) is 22.3 Å². The lowest BCUT2D eigenvalue weighted by atomic mass is 10.2. The maximum Gasteiger partial charge on any atom is 0.158 e. The van der Waals surface area contributed by atoms with Crippen LogP contribution in [0.4, 0.5) is 13.2 Å². The highest BCUT2D eigenvalue weighted by Gasteiger charge is 2.12. The molecule has 0 spiro atoms. The smallest absolute Gasteiger partial charge is 0.158 e. The Kier molecular flexibility index (Phi) is 2.93. The van der Waals surface area contributed by atoms with E-state index in [2.05, 4.69) is 10.1 Å². The van der Waals surface area contributed by atoms with Crippen molar-refractivity contribution in [3.05, 3.63) is 59.2 Å². The second kappa shape index (κ2) is 4.63. The molecule has 3 rings (SSSR count). The van der Waals surface area contributed by atoms with Crippen molar-refractivity contribution in [1.29, 1.82) is 0 Å². The zero-order valence-electron chi connectivity index (χ0n) is 10.6. The first-order valence-electron chi connectivity index (χ1n) is 5.97. The average Bonchev–Trinajstić information content (AvgIpc) is 2.69. The maximum absolute atomic E-state index is 13.6. The summed E-state index contributed by atoms with van der Waals surface area (Å²) in [7, 11) is 0. The zero-order chi connectivity index (χ0) is 14.3. The predicted octanol–water partition coefficient (Wildman–Crippen LogP) is 3.21. The minimum atomic E-state index is -0.645. The van der Waals surface area contributed by atoms with Gasteiger partial charge in [0, 0.05) is 17.0 Å². The highest BCUT2D eigenvalue weighted by molar-refractivity contribution is 5.78. The molecule has 6 heteroatoms. The molecule has 0 unspecified atom stereocenters. The van der Waals surface area contributed by atoms with Crippen molar-refractivity contribution < 1.29 is 13.2 Å². The molecule has 1 aromatic carbocycles. The van der Waals surface area contributed by atoms with E-state index < -0.39 is 17.5 Å². The van der Waals surface area contributed by atoms with Gasteiger partial charge in [0.05, 0.1) is 18.4 Å². The molecule has 0 aliphatic heterocycles. The van der Waals surface area contributed by atoms with Crippen LogP contribution in [0, 0.1) is 24.4 Å². The molecular weight excluding hydrogens is 267 g/mol. The number of benzene rings is 1. The van der Waals surface area contributed by atoms with Gasteiger partial charge in [-0.15, -0.1) is 0 Å². The van der Waals surface area contributed by atoms with Crippen molar-refractivity contribution in [3.8, 4) is 0 Å². The number of pyridine rings is 1. The molecule has 0 fully saturated rings. The molecule has 0 saturated carbocycles. The summed E-state index contributed by atoms with van der Waals surface area (Å²) >= 11 is 0. The van der Waals surface area contributed by atoms with Gasteiger partial charge in [0.25, 0.3) is 0 Å². The molecule has 3 aromatic rings. The van der Waals surface area contributed by atoms with Gasteiger partial charge >= 0.3 is 0 Å². The van der Waals surface area contributed by atoms with Crippen molar-refractivity contribution in [2.75, 3.05) is 0 Å². The first kappa shape index (κ1) is 12.7. The minimum absolute atomic E-state index is 0.106. The van der Waals surface area contributed by atoms with Crippen molar-refractivity contribution >= 4 is 11.0 Å². The van der Waals surface area contributed by atoms with E-state index >= 15 is 0 Å². The van der Waals surface area contributed by atoms with Gasteiger partial charge in [-0.05, 0) is 19.1 Å². The van der Waals surface area contributed by atoms with Crippen LogP contribution in [0.25, 0.3) is 11.0 Å². The third-order valence-corrected chi connectivity index (χ3v) is 3.07. The molecule has 3 nitrogen and oxygen atoms in total. The molecule has 0 N–H and O–H groups in total. The molecule has 20 heavy (non-hydrogen) atoms. The van der Waals surface area contributed by atoms with Gasteiger partial charge in [0.1, 0.15) is 17.5 Å². The number of halogens is 3. The standard InChI is InChI=1S/C14H10F3N3/c1-8-12-4-11(16)6-18-14(12)20(19-8)7-9-2-3-10(15)5-13(9)17/h2-6H,7H2,1H3. The summed E-state index contributed by atoms with van der Waals surface area (Å²) in [5.74, 6) is -1.73. The Labute approximate surface area is 112 Å². The summed E-state index contributed by atoms with van der Waals surface area (Å²) in [6.45, 7) is 1.83. The van der Waals surface area contributed by atoms with Crippen molar-refractivity contribution in [3.63, 3.8) is 0 Å². The van der Waals surface area contributed by atoms with Crippen LogP contribution in [0.5, 0.6) is 0 Å². The molecule has 0 amide bonds. The van der Waals surface area contributed by atoms with E-state index in [1.165, 1.54) is 22.9 Å². The van der Waals surface area contributed by atoms with Crippen molar-refractivity contribution in [2.45, 2.75) is 13.5 Å². The lowest BCUT2D eigenvalue weighted by molar-refractivity contribution is 0.560. The largest absolute Gasteiger partial charge is 0.242 e. The number of nitrogens with zero attached hydrogens (tertiary/aromatic N) is 3. The van der Waals surface area contributed by atoms with E-state index in [-0.39, 0.29) is 6.54 Å². The third-order valence-electron chi connectivity index (χ3n) is 3.07. The number of aryl methyl sites for hydroxylation is 1. The highest BCUT2D eigenvalue weighted by Crippen LogP contribution is 2.19. The summed E-state index contributed by atoms with van der Waals surface area (Å²) in [5.41, 5.74) is 1.36. The van der Waals surface area contributed by atoms with Crippen LogP contribution in [-0.2, 0) is 6.54 Å². The summed E-state index contributed by atoms with van der Waals surface area (Å²) in [6, 6.07) is 4.70. The zero-order valence-corrected chi connectivity index (χ0v) is 10.6. The number of fused-ring (bicyclic) bond motifs is 1. The molecule has 0 radical (unpaired) electrons. The van der Waals surface area contributed by atoms with Crippen molar-refractivity contribution in [1.82, 2.24) is 14.8 Å². The number of rotatable bonds is 2. The molecule has 0 bridgehead atoms. The number of hydrogen-bond acceptors (Lipinski definition) is 2. The molecule has 2 aromatic heterocycles. The Hall–Kier alpha value is -2.37. The molecule has 102 valence electrons. The van der Waals surface area contributed by atoms with Crippen LogP contribution in [0.2, 0.25) is 0 Å².